The summed E-state index contributed by atoms with van der Waals surface area (Å²) in [6.07, 6.45) is 0. The number of hydrogen-bond acceptors (Lipinski definition) is 3. The molecular weight excluding hydrogens is 246 g/mol. The molecule has 2 aromatic carbocycles. The van der Waals surface area contributed by atoms with Crippen LogP contribution in [0.1, 0.15) is 11.1 Å². The number of nitro groups is 1. The van der Waals surface area contributed by atoms with E-state index in [0.717, 1.165) is 9.79 Å². The van der Waals surface area contributed by atoms with Crippen LogP contribution in [0, 0.1) is 24.0 Å². The fourth-order valence-electron chi connectivity index (χ4n) is 1.59. The van der Waals surface area contributed by atoms with E-state index in [1.807, 2.05) is 37.3 Å². The second kappa shape index (κ2) is 5.23. The van der Waals surface area contributed by atoms with Gasteiger partial charge >= 0.3 is 0 Å². The molecule has 0 spiro atoms. The molecule has 0 aromatic heterocycles. The van der Waals surface area contributed by atoms with E-state index in [1.54, 1.807) is 19.1 Å². The summed E-state index contributed by atoms with van der Waals surface area (Å²) in [6.45, 7) is 3.78. The molecule has 0 heterocycles. The molecule has 0 aliphatic heterocycles. The van der Waals surface area contributed by atoms with Gasteiger partial charge in [0.1, 0.15) is 0 Å². The Morgan fingerprint density at radius 1 is 1.00 bits per heavy atom. The molecule has 0 radical (unpaired) electrons. The molecule has 0 aliphatic rings. The number of nitro benzene ring substituents is 1. The first-order chi connectivity index (χ1) is 8.56. The van der Waals surface area contributed by atoms with Crippen LogP contribution in [0.4, 0.5) is 5.69 Å². The summed E-state index contributed by atoms with van der Waals surface area (Å²) in [7, 11) is 0. The summed E-state index contributed by atoms with van der Waals surface area (Å²) >= 11 is 1.53. The molecule has 0 saturated carbocycles. The van der Waals surface area contributed by atoms with Crippen LogP contribution in [0.25, 0.3) is 0 Å². The maximum atomic E-state index is 10.9. The van der Waals surface area contributed by atoms with Crippen LogP contribution in [0.2, 0.25) is 0 Å². The fourth-order valence-corrected chi connectivity index (χ4v) is 2.44. The maximum Gasteiger partial charge on any atom is 0.273 e. The molecule has 2 aromatic rings. The van der Waals surface area contributed by atoms with Crippen LogP contribution >= 0.6 is 11.8 Å². The van der Waals surface area contributed by atoms with E-state index in [0.29, 0.717) is 5.56 Å². The number of hydrogen-bond donors (Lipinski definition) is 0. The minimum absolute atomic E-state index is 0.173. The molecular formula is C14H13NO2S. The lowest BCUT2D eigenvalue weighted by Gasteiger charge is -2.03. The van der Waals surface area contributed by atoms with Crippen molar-refractivity contribution >= 4 is 17.4 Å². The third-order valence-electron chi connectivity index (χ3n) is 2.63. The van der Waals surface area contributed by atoms with Crippen LogP contribution in [-0.4, -0.2) is 4.92 Å². The zero-order valence-electron chi connectivity index (χ0n) is 10.2. The number of nitrogens with zero attached hydrogens (tertiary/aromatic N) is 1. The lowest BCUT2D eigenvalue weighted by Crippen LogP contribution is -1.91. The van der Waals surface area contributed by atoms with Gasteiger partial charge in [-0.15, -0.1) is 0 Å². The summed E-state index contributed by atoms with van der Waals surface area (Å²) < 4.78 is 0. The molecule has 0 atom stereocenters. The van der Waals surface area contributed by atoms with Gasteiger partial charge in [-0.2, -0.15) is 0 Å². The Morgan fingerprint density at radius 2 is 1.61 bits per heavy atom. The van der Waals surface area contributed by atoms with Crippen molar-refractivity contribution in [3.63, 3.8) is 0 Å². The quantitative estimate of drug-likeness (QED) is 0.607. The van der Waals surface area contributed by atoms with Gasteiger partial charge in [-0.1, -0.05) is 35.5 Å². The van der Waals surface area contributed by atoms with Crippen molar-refractivity contribution < 1.29 is 4.92 Å². The summed E-state index contributed by atoms with van der Waals surface area (Å²) in [5, 5.41) is 10.9. The maximum absolute atomic E-state index is 10.9. The third kappa shape index (κ3) is 2.90. The third-order valence-corrected chi connectivity index (χ3v) is 3.63. The molecule has 0 bridgehead atoms. The summed E-state index contributed by atoms with van der Waals surface area (Å²) in [4.78, 5) is 12.5. The van der Waals surface area contributed by atoms with Gasteiger partial charge in [0.15, 0.2) is 0 Å². The summed E-state index contributed by atoms with van der Waals surface area (Å²) in [5.74, 6) is 0. The van der Waals surface area contributed by atoms with E-state index in [4.69, 9.17) is 0 Å². The minimum atomic E-state index is -0.339. The minimum Gasteiger partial charge on any atom is -0.258 e. The topological polar surface area (TPSA) is 43.1 Å². The molecule has 0 amide bonds. The fraction of sp³-hybridized carbons (Fsp3) is 0.143. The number of benzene rings is 2. The van der Waals surface area contributed by atoms with Crippen molar-refractivity contribution in [2.75, 3.05) is 0 Å². The highest BCUT2D eigenvalue weighted by Gasteiger charge is 2.11. The zero-order valence-corrected chi connectivity index (χ0v) is 11.0. The lowest BCUT2D eigenvalue weighted by atomic mass is 10.2. The molecule has 4 heteroatoms. The average Bonchev–Trinajstić information content (AvgIpc) is 2.34. The van der Waals surface area contributed by atoms with Gasteiger partial charge < -0.3 is 0 Å². The smallest absolute Gasteiger partial charge is 0.258 e. The Bertz CT molecular complexity index is 579. The van der Waals surface area contributed by atoms with Gasteiger partial charge in [0, 0.05) is 21.4 Å². The standard InChI is InChI=1S/C14H13NO2S/c1-10-3-6-12(7-4-10)18-13-8-5-11(2)14(9-13)15(16)17/h3-9H,1-2H3. The van der Waals surface area contributed by atoms with E-state index >= 15 is 0 Å². The van der Waals surface area contributed by atoms with Crippen LogP contribution in [-0.2, 0) is 0 Å². The van der Waals surface area contributed by atoms with E-state index < -0.39 is 0 Å². The van der Waals surface area contributed by atoms with Crippen molar-refractivity contribution in [1.29, 1.82) is 0 Å². The van der Waals surface area contributed by atoms with Gasteiger partial charge in [-0.25, -0.2) is 0 Å². The molecule has 0 aliphatic carbocycles. The Morgan fingerprint density at radius 3 is 2.22 bits per heavy atom. The van der Waals surface area contributed by atoms with E-state index in [2.05, 4.69) is 0 Å². The Labute approximate surface area is 110 Å². The van der Waals surface area contributed by atoms with Crippen LogP contribution in [0.3, 0.4) is 0 Å². The highest BCUT2D eigenvalue weighted by Crippen LogP contribution is 2.31. The molecule has 0 saturated heterocycles. The van der Waals surface area contributed by atoms with Crippen molar-refractivity contribution in [2.24, 2.45) is 0 Å². The van der Waals surface area contributed by atoms with Gasteiger partial charge in [-0.3, -0.25) is 10.1 Å². The van der Waals surface area contributed by atoms with Crippen molar-refractivity contribution in [2.45, 2.75) is 23.6 Å². The zero-order chi connectivity index (χ0) is 13.1. The van der Waals surface area contributed by atoms with Crippen molar-refractivity contribution in [3.05, 3.63) is 63.7 Å². The first kappa shape index (κ1) is 12.6. The first-order valence-electron chi connectivity index (χ1n) is 5.56. The van der Waals surface area contributed by atoms with Gasteiger partial charge in [0.2, 0.25) is 0 Å². The van der Waals surface area contributed by atoms with Crippen molar-refractivity contribution in [1.82, 2.24) is 0 Å². The van der Waals surface area contributed by atoms with Crippen LogP contribution in [0.15, 0.2) is 52.3 Å². The molecule has 0 fully saturated rings. The highest BCUT2D eigenvalue weighted by molar-refractivity contribution is 7.99. The number of aryl methyl sites for hydroxylation is 2. The molecule has 0 unspecified atom stereocenters. The van der Waals surface area contributed by atoms with Crippen molar-refractivity contribution in [3.8, 4) is 0 Å². The second-order valence-corrected chi connectivity index (χ2v) is 5.27. The van der Waals surface area contributed by atoms with Gasteiger partial charge in [0.25, 0.3) is 5.69 Å². The monoisotopic (exact) mass is 259 g/mol. The predicted octanol–water partition coefficient (Wildman–Crippen LogP) is 4.36. The largest absolute Gasteiger partial charge is 0.273 e. The summed E-state index contributed by atoms with van der Waals surface area (Å²) in [6, 6.07) is 13.4. The summed E-state index contributed by atoms with van der Waals surface area (Å²) in [5.41, 5.74) is 2.06. The lowest BCUT2D eigenvalue weighted by molar-refractivity contribution is -0.385. The molecule has 92 valence electrons. The van der Waals surface area contributed by atoms with E-state index in [9.17, 15) is 10.1 Å². The number of rotatable bonds is 3. The molecule has 2 rings (SSSR count). The Balaban J connectivity index is 2.27. The molecule has 3 nitrogen and oxygen atoms in total. The van der Waals surface area contributed by atoms with Gasteiger partial charge in [-0.05, 0) is 32.0 Å². The molecule has 0 N–H and O–H groups in total. The molecule has 18 heavy (non-hydrogen) atoms. The highest BCUT2D eigenvalue weighted by atomic mass is 32.2. The average molecular weight is 259 g/mol. The Kier molecular flexibility index (Phi) is 3.67. The Hall–Kier alpha value is -1.81. The van der Waals surface area contributed by atoms with E-state index in [1.165, 1.54) is 17.3 Å². The normalized spacial score (nSPS) is 10.3. The van der Waals surface area contributed by atoms with E-state index in [-0.39, 0.29) is 10.6 Å². The SMILES string of the molecule is Cc1ccc(Sc2ccc(C)c([N+](=O)[O-])c2)cc1. The van der Waals surface area contributed by atoms with Gasteiger partial charge in [0.05, 0.1) is 4.92 Å². The van der Waals surface area contributed by atoms with Crippen LogP contribution in [0.5, 0.6) is 0 Å². The predicted molar refractivity (Wildman–Crippen MR) is 73.1 cm³/mol. The second-order valence-electron chi connectivity index (χ2n) is 4.12. The first-order valence-corrected chi connectivity index (χ1v) is 6.37. The van der Waals surface area contributed by atoms with Crippen LogP contribution < -0.4 is 0 Å².